The van der Waals surface area contributed by atoms with Crippen LogP contribution in [0.4, 0.5) is 5.69 Å². The van der Waals surface area contributed by atoms with Crippen LogP contribution in [0.25, 0.3) is 0 Å². The Balaban J connectivity index is 1.90. The Labute approximate surface area is 138 Å². The molecule has 2 aromatic carbocycles. The molecule has 120 valence electrons. The van der Waals surface area contributed by atoms with Gasteiger partial charge in [-0.05, 0) is 43.1 Å². The molecule has 1 fully saturated rings. The number of likely N-dealkylation sites (tertiary alicyclic amines) is 1. The minimum absolute atomic E-state index is 0.424. The van der Waals surface area contributed by atoms with Crippen LogP contribution in [0.5, 0.6) is 11.5 Å². The Bertz CT molecular complexity index is 706. The van der Waals surface area contributed by atoms with Crippen LogP contribution in [0.15, 0.2) is 53.5 Å². The zero-order chi connectivity index (χ0) is 16.2. The summed E-state index contributed by atoms with van der Waals surface area (Å²) in [5.74, 6) is 2.16. The van der Waals surface area contributed by atoms with E-state index < -0.39 is 0 Å². The zero-order valence-electron chi connectivity index (χ0n) is 14.1. The fraction of sp³-hybridized carbons (Fsp3) is 0.350. The first-order chi connectivity index (χ1) is 11.1. The van der Waals surface area contributed by atoms with Crippen LogP contribution >= 0.6 is 0 Å². The molecule has 0 spiro atoms. The SMILES string of the molecule is CC(C)c1ccccc1Oc1ccccc1N=C1CCN(C)C1. The minimum atomic E-state index is 0.424. The number of rotatable bonds is 4. The van der Waals surface area contributed by atoms with Gasteiger partial charge < -0.3 is 9.64 Å². The van der Waals surface area contributed by atoms with E-state index in [1.165, 1.54) is 11.3 Å². The number of hydrogen-bond donors (Lipinski definition) is 0. The van der Waals surface area contributed by atoms with Gasteiger partial charge in [-0.3, -0.25) is 4.99 Å². The molecule has 1 heterocycles. The maximum atomic E-state index is 6.22. The molecule has 1 aliphatic heterocycles. The summed E-state index contributed by atoms with van der Waals surface area (Å²) in [6.45, 7) is 6.39. The van der Waals surface area contributed by atoms with Crippen LogP contribution in [0.1, 0.15) is 31.7 Å². The quantitative estimate of drug-likeness (QED) is 0.793. The van der Waals surface area contributed by atoms with Crippen molar-refractivity contribution in [2.24, 2.45) is 4.99 Å². The van der Waals surface area contributed by atoms with Crippen molar-refractivity contribution in [2.45, 2.75) is 26.2 Å². The van der Waals surface area contributed by atoms with Gasteiger partial charge in [-0.25, -0.2) is 0 Å². The average molecular weight is 308 g/mol. The Morgan fingerprint density at radius 1 is 1.00 bits per heavy atom. The van der Waals surface area contributed by atoms with Crippen molar-refractivity contribution in [3.05, 3.63) is 54.1 Å². The number of nitrogens with zero attached hydrogens (tertiary/aromatic N) is 2. The fourth-order valence-corrected chi connectivity index (χ4v) is 2.86. The van der Waals surface area contributed by atoms with E-state index in [2.05, 4.69) is 37.9 Å². The van der Waals surface area contributed by atoms with E-state index in [4.69, 9.17) is 9.73 Å². The Morgan fingerprint density at radius 3 is 2.39 bits per heavy atom. The highest BCUT2D eigenvalue weighted by molar-refractivity contribution is 5.91. The summed E-state index contributed by atoms with van der Waals surface area (Å²) in [5.41, 5.74) is 3.35. The third kappa shape index (κ3) is 3.80. The lowest BCUT2D eigenvalue weighted by molar-refractivity contribution is 0.428. The van der Waals surface area contributed by atoms with Crippen molar-refractivity contribution in [2.75, 3.05) is 20.1 Å². The predicted molar refractivity (Wildman–Crippen MR) is 96.3 cm³/mol. The van der Waals surface area contributed by atoms with E-state index >= 15 is 0 Å². The molecule has 2 aromatic rings. The van der Waals surface area contributed by atoms with E-state index in [9.17, 15) is 0 Å². The molecule has 0 aromatic heterocycles. The second kappa shape index (κ2) is 6.97. The smallest absolute Gasteiger partial charge is 0.153 e. The van der Waals surface area contributed by atoms with E-state index in [-0.39, 0.29) is 0 Å². The lowest BCUT2D eigenvalue weighted by Crippen LogP contribution is -2.13. The molecule has 0 radical (unpaired) electrons. The summed E-state index contributed by atoms with van der Waals surface area (Å²) >= 11 is 0. The van der Waals surface area contributed by atoms with Crippen LogP contribution in [0.2, 0.25) is 0 Å². The van der Waals surface area contributed by atoms with Gasteiger partial charge in [-0.15, -0.1) is 0 Å². The Morgan fingerprint density at radius 2 is 1.70 bits per heavy atom. The van der Waals surface area contributed by atoms with E-state index in [0.29, 0.717) is 5.92 Å². The van der Waals surface area contributed by atoms with Crippen molar-refractivity contribution in [1.29, 1.82) is 0 Å². The van der Waals surface area contributed by atoms with Gasteiger partial charge in [0.1, 0.15) is 11.4 Å². The number of para-hydroxylation sites is 3. The average Bonchev–Trinajstić information content (AvgIpc) is 2.95. The van der Waals surface area contributed by atoms with E-state index in [0.717, 1.165) is 36.7 Å². The Hall–Kier alpha value is -2.13. The maximum absolute atomic E-state index is 6.22. The van der Waals surface area contributed by atoms with Gasteiger partial charge in [-0.2, -0.15) is 0 Å². The topological polar surface area (TPSA) is 24.8 Å². The van der Waals surface area contributed by atoms with Gasteiger partial charge in [-0.1, -0.05) is 44.2 Å². The normalized spacial score (nSPS) is 17.1. The summed E-state index contributed by atoms with van der Waals surface area (Å²) < 4.78 is 6.22. The van der Waals surface area contributed by atoms with Gasteiger partial charge in [0.2, 0.25) is 0 Å². The van der Waals surface area contributed by atoms with Gasteiger partial charge in [0.05, 0.1) is 0 Å². The van der Waals surface area contributed by atoms with Crippen LogP contribution in [-0.4, -0.2) is 30.7 Å². The van der Waals surface area contributed by atoms with Gasteiger partial charge in [0.15, 0.2) is 5.75 Å². The van der Waals surface area contributed by atoms with Crippen molar-refractivity contribution < 1.29 is 4.74 Å². The first-order valence-corrected chi connectivity index (χ1v) is 8.24. The number of benzene rings is 2. The van der Waals surface area contributed by atoms with Crippen LogP contribution in [0.3, 0.4) is 0 Å². The second-order valence-electron chi connectivity index (χ2n) is 6.43. The molecule has 0 N–H and O–H groups in total. The van der Waals surface area contributed by atoms with Crippen molar-refractivity contribution in [3.8, 4) is 11.5 Å². The molecule has 3 heteroatoms. The van der Waals surface area contributed by atoms with Crippen molar-refractivity contribution in [1.82, 2.24) is 4.90 Å². The first kappa shape index (κ1) is 15.8. The summed E-state index contributed by atoms with van der Waals surface area (Å²) in [6, 6.07) is 16.3. The van der Waals surface area contributed by atoms with Crippen LogP contribution < -0.4 is 4.74 Å². The van der Waals surface area contributed by atoms with Gasteiger partial charge in [0, 0.05) is 18.8 Å². The largest absolute Gasteiger partial charge is 0.455 e. The molecular formula is C20H24N2O. The maximum Gasteiger partial charge on any atom is 0.153 e. The lowest BCUT2D eigenvalue weighted by atomic mass is 10.0. The molecule has 23 heavy (non-hydrogen) atoms. The molecule has 3 nitrogen and oxygen atoms in total. The zero-order valence-corrected chi connectivity index (χ0v) is 14.1. The molecule has 0 amide bonds. The second-order valence-corrected chi connectivity index (χ2v) is 6.43. The molecule has 1 saturated heterocycles. The van der Waals surface area contributed by atoms with Crippen LogP contribution in [-0.2, 0) is 0 Å². The summed E-state index contributed by atoms with van der Waals surface area (Å²) in [4.78, 5) is 7.12. The molecule has 0 atom stereocenters. The van der Waals surface area contributed by atoms with E-state index in [1.807, 2.05) is 36.4 Å². The molecular weight excluding hydrogens is 284 g/mol. The van der Waals surface area contributed by atoms with Crippen LogP contribution in [0, 0.1) is 0 Å². The molecule has 0 aliphatic carbocycles. The highest BCUT2D eigenvalue weighted by Gasteiger charge is 2.15. The summed E-state index contributed by atoms with van der Waals surface area (Å²) in [6.07, 6.45) is 1.04. The lowest BCUT2D eigenvalue weighted by Gasteiger charge is -2.15. The highest BCUT2D eigenvalue weighted by atomic mass is 16.5. The van der Waals surface area contributed by atoms with Gasteiger partial charge in [0.25, 0.3) is 0 Å². The minimum Gasteiger partial charge on any atom is -0.455 e. The number of aliphatic imine (C=N–C) groups is 1. The summed E-state index contributed by atoms with van der Waals surface area (Å²) in [5, 5.41) is 0. The molecule has 0 bridgehead atoms. The molecule has 0 unspecified atom stereocenters. The summed E-state index contributed by atoms with van der Waals surface area (Å²) in [7, 11) is 2.13. The monoisotopic (exact) mass is 308 g/mol. The van der Waals surface area contributed by atoms with Crippen molar-refractivity contribution >= 4 is 11.4 Å². The van der Waals surface area contributed by atoms with E-state index in [1.54, 1.807) is 0 Å². The Kier molecular flexibility index (Phi) is 4.77. The number of hydrogen-bond acceptors (Lipinski definition) is 3. The third-order valence-corrected chi connectivity index (χ3v) is 4.14. The predicted octanol–water partition coefficient (Wildman–Crippen LogP) is 5.01. The highest BCUT2D eigenvalue weighted by Crippen LogP contribution is 2.35. The number of ether oxygens (including phenoxy) is 1. The standard InChI is InChI=1S/C20H24N2O/c1-15(2)17-8-4-6-10-19(17)23-20-11-7-5-9-18(20)21-16-12-13-22(3)14-16/h4-11,15H,12-14H2,1-3H3. The van der Waals surface area contributed by atoms with Crippen molar-refractivity contribution in [3.63, 3.8) is 0 Å². The molecule has 3 rings (SSSR count). The third-order valence-electron chi connectivity index (χ3n) is 4.14. The molecule has 0 saturated carbocycles. The fourth-order valence-electron chi connectivity index (χ4n) is 2.86. The first-order valence-electron chi connectivity index (χ1n) is 8.24. The molecule has 1 aliphatic rings. The van der Waals surface area contributed by atoms with Gasteiger partial charge >= 0.3 is 0 Å².